The third-order valence-electron chi connectivity index (χ3n) is 11.3. The lowest BCUT2D eigenvalue weighted by Gasteiger charge is -2.18. The molecule has 0 saturated carbocycles. The second-order valence-electron chi connectivity index (χ2n) is 17.4. The topological polar surface area (TPSA) is 78.9 Å². The van der Waals surface area contributed by atoms with Crippen molar-refractivity contribution in [2.75, 3.05) is 13.2 Å². The second kappa shape index (κ2) is 50.8. The van der Waals surface area contributed by atoms with E-state index in [0.717, 1.165) is 103 Å². The van der Waals surface area contributed by atoms with Crippen molar-refractivity contribution >= 4 is 17.9 Å². The molecule has 0 aromatic heterocycles. The molecule has 62 heavy (non-hydrogen) atoms. The van der Waals surface area contributed by atoms with E-state index in [2.05, 4.69) is 81.5 Å². The van der Waals surface area contributed by atoms with Gasteiger partial charge >= 0.3 is 17.9 Å². The van der Waals surface area contributed by atoms with E-state index in [4.69, 9.17) is 14.2 Å². The number of hydrogen-bond donors (Lipinski definition) is 0. The molecule has 0 aliphatic carbocycles. The van der Waals surface area contributed by atoms with Crippen molar-refractivity contribution in [3.8, 4) is 0 Å². The summed E-state index contributed by atoms with van der Waals surface area (Å²) in [5.41, 5.74) is 0. The fraction of sp³-hybridized carbons (Fsp3) is 0.768. The zero-order chi connectivity index (χ0) is 45.1. The van der Waals surface area contributed by atoms with Gasteiger partial charge in [-0.1, -0.05) is 216 Å². The van der Waals surface area contributed by atoms with Gasteiger partial charge in [0.25, 0.3) is 0 Å². The molecule has 0 aliphatic rings. The van der Waals surface area contributed by atoms with Crippen molar-refractivity contribution in [2.24, 2.45) is 0 Å². The zero-order valence-corrected chi connectivity index (χ0v) is 40.9. The third-order valence-corrected chi connectivity index (χ3v) is 11.3. The van der Waals surface area contributed by atoms with E-state index in [1.54, 1.807) is 0 Å². The maximum absolute atomic E-state index is 12.8. The van der Waals surface area contributed by atoms with Gasteiger partial charge in [-0.25, -0.2) is 0 Å². The SMILES string of the molecule is CC/C=C\C/C=C\C/C=C\C/C=C\CCCCCCCCC(=O)OCC(COC(=O)CCCCCCCCCCCC)OC(=O)CCCCCCC/C=C\CCCCCCCC. The van der Waals surface area contributed by atoms with Gasteiger partial charge in [0.15, 0.2) is 6.10 Å². The highest BCUT2D eigenvalue weighted by Gasteiger charge is 2.19. The minimum absolute atomic E-state index is 0.0805. The largest absolute Gasteiger partial charge is 0.462 e. The van der Waals surface area contributed by atoms with Gasteiger partial charge in [-0.3, -0.25) is 14.4 Å². The Hall–Kier alpha value is -2.89. The van der Waals surface area contributed by atoms with Crippen LogP contribution in [-0.2, 0) is 28.6 Å². The van der Waals surface area contributed by atoms with Gasteiger partial charge in [-0.05, 0) is 83.5 Å². The molecule has 0 fully saturated rings. The molecule has 1 unspecified atom stereocenters. The summed E-state index contributed by atoms with van der Waals surface area (Å²) in [5.74, 6) is -0.900. The Balaban J connectivity index is 4.36. The first-order chi connectivity index (χ1) is 30.5. The Bertz CT molecular complexity index is 1130. The van der Waals surface area contributed by atoms with E-state index in [-0.39, 0.29) is 31.1 Å². The van der Waals surface area contributed by atoms with Gasteiger partial charge in [0.2, 0.25) is 0 Å². The number of carbonyl (C=O) groups is 3. The van der Waals surface area contributed by atoms with Gasteiger partial charge in [-0.15, -0.1) is 0 Å². The second-order valence-corrected chi connectivity index (χ2v) is 17.4. The minimum atomic E-state index is -0.781. The van der Waals surface area contributed by atoms with Crippen LogP contribution in [0.25, 0.3) is 0 Å². The molecule has 358 valence electrons. The fourth-order valence-electron chi connectivity index (χ4n) is 7.31. The molecule has 0 spiro atoms. The van der Waals surface area contributed by atoms with Crippen LogP contribution in [0.3, 0.4) is 0 Å². The highest BCUT2D eigenvalue weighted by molar-refractivity contribution is 5.71. The highest BCUT2D eigenvalue weighted by atomic mass is 16.6. The van der Waals surface area contributed by atoms with Crippen molar-refractivity contribution in [3.05, 3.63) is 60.8 Å². The summed E-state index contributed by atoms with van der Waals surface area (Å²) in [6.45, 7) is 6.50. The average molecular weight is 867 g/mol. The molecule has 6 nitrogen and oxygen atoms in total. The number of ether oxygens (including phenoxy) is 3. The molecule has 0 N–H and O–H groups in total. The summed E-state index contributed by atoms with van der Waals surface area (Å²) < 4.78 is 16.8. The predicted molar refractivity (Wildman–Crippen MR) is 265 cm³/mol. The zero-order valence-electron chi connectivity index (χ0n) is 40.9. The lowest BCUT2D eigenvalue weighted by Crippen LogP contribution is -2.30. The van der Waals surface area contributed by atoms with Crippen molar-refractivity contribution < 1.29 is 28.6 Å². The lowest BCUT2D eigenvalue weighted by atomic mass is 10.1. The number of carbonyl (C=O) groups excluding carboxylic acids is 3. The maximum Gasteiger partial charge on any atom is 0.306 e. The summed E-state index contributed by atoms with van der Waals surface area (Å²) >= 11 is 0. The first kappa shape index (κ1) is 59.1. The Morgan fingerprint density at radius 1 is 0.339 bits per heavy atom. The third kappa shape index (κ3) is 48.1. The number of unbranched alkanes of at least 4 members (excludes halogenated alkanes) is 26. The standard InChI is InChI=1S/C56H98O6/c1-4-7-10-13-16-19-22-24-26-27-28-29-31-32-34-37-40-43-46-49-55(58)61-52-53(51-60-54(57)48-45-42-39-36-21-18-15-12-9-6-3)62-56(59)50-47-44-41-38-35-33-30-25-23-20-17-14-11-8-5-2/h7,10,16,19,24-26,28-30,53H,4-6,8-9,11-15,17-18,20-23,27,31-52H2,1-3H3/b10-7-,19-16-,26-24-,29-28-,30-25-. The molecular weight excluding hydrogens is 769 g/mol. The van der Waals surface area contributed by atoms with Crippen LogP contribution in [0.4, 0.5) is 0 Å². The Labute approximate surface area is 383 Å². The Kier molecular flexibility index (Phi) is 48.4. The quantitative estimate of drug-likeness (QED) is 0.0262. The van der Waals surface area contributed by atoms with E-state index >= 15 is 0 Å². The van der Waals surface area contributed by atoms with Crippen molar-refractivity contribution in [1.82, 2.24) is 0 Å². The molecule has 0 aliphatic heterocycles. The van der Waals surface area contributed by atoms with Crippen molar-refractivity contribution in [3.63, 3.8) is 0 Å². The Morgan fingerprint density at radius 2 is 0.629 bits per heavy atom. The number of rotatable bonds is 47. The van der Waals surface area contributed by atoms with Crippen LogP contribution in [0.5, 0.6) is 0 Å². The molecule has 0 saturated heterocycles. The number of allylic oxidation sites excluding steroid dienone is 10. The van der Waals surface area contributed by atoms with E-state index in [1.165, 1.54) is 116 Å². The van der Waals surface area contributed by atoms with E-state index in [0.29, 0.717) is 19.3 Å². The molecule has 0 heterocycles. The fourth-order valence-corrected chi connectivity index (χ4v) is 7.31. The normalized spacial score (nSPS) is 12.5. The molecule has 0 rings (SSSR count). The molecule has 6 heteroatoms. The van der Waals surface area contributed by atoms with Crippen molar-refractivity contribution in [2.45, 2.75) is 264 Å². The smallest absolute Gasteiger partial charge is 0.306 e. The van der Waals surface area contributed by atoms with E-state index in [1.807, 2.05) is 0 Å². The van der Waals surface area contributed by atoms with Gasteiger partial charge in [0.1, 0.15) is 13.2 Å². The monoisotopic (exact) mass is 867 g/mol. The summed E-state index contributed by atoms with van der Waals surface area (Å²) in [7, 11) is 0. The number of hydrogen-bond acceptors (Lipinski definition) is 6. The molecule has 0 radical (unpaired) electrons. The molecule has 0 aromatic carbocycles. The first-order valence-corrected chi connectivity index (χ1v) is 26.3. The van der Waals surface area contributed by atoms with Crippen LogP contribution in [-0.4, -0.2) is 37.2 Å². The summed E-state index contributed by atoms with van der Waals surface area (Å²) in [6, 6.07) is 0. The lowest BCUT2D eigenvalue weighted by molar-refractivity contribution is -0.167. The van der Waals surface area contributed by atoms with Crippen LogP contribution in [0.2, 0.25) is 0 Å². The molecule has 0 bridgehead atoms. The van der Waals surface area contributed by atoms with Gasteiger partial charge in [-0.2, -0.15) is 0 Å². The maximum atomic E-state index is 12.8. The van der Waals surface area contributed by atoms with E-state index in [9.17, 15) is 14.4 Å². The van der Waals surface area contributed by atoms with Crippen LogP contribution < -0.4 is 0 Å². The number of esters is 3. The summed E-state index contributed by atoms with van der Waals surface area (Å²) in [6.07, 6.45) is 62.0. The van der Waals surface area contributed by atoms with Gasteiger partial charge in [0, 0.05) is 19.3 Å². The molecule has 0 amide bonds. The predicted octanol–water partition coefficient (Wildman–Crippen LogP) is 17.3. The van der Waals surface area contributed by atoms with Crippen LogP contribution in [0, 0.1) is 0 Å². The van der Waals surface area contributed by atoms with Crippen molar-refractivity contribution in [1.29, 1.82) is 0 Å². The summed E-state index contributed by atoms with van der Waals surface area (Å²) in [5, 5.41) is 0. The Morgan fingerprint density at radius 3 is 1.00 bits per heavy atom. The van der Waals surface area contributed by atoms with Crippen LogP contribution >= 0.6 is 0 Å². The van der Waals surface area contributed by atoms with Crippen LogP contribution in [0.15, 0.2) is 60.8 Å². The highest BCUT2D eigenvalue weighted by Crippen LogP contribution is 2.14. The van der Waals surface area contributed by atoms with Gasteiger partial charge in [0.05, 0.1) is 0 Å². The average Bonchev–Trinajstić information content (AvgIpc) is 3.27. The molecular formula is C56H98O6. The van der Waals surface area contributed by atoms with E-state index < -0.39 is 6.10 Å². The van der Waals surface area contributed by atoms with Gasteiger partial charge < -0.3 is 14.2 Å². The molecule has 0 aromatic rings. The summed E-state index contributed by atoms with van der Waals surface area (Å²) in [4.78, 5) is 37.9. The molecule has 1 atom stereocenters. The first-order valence-electron chi connectivity index (χ1n) is 26.3. The minimum Gasteiger partial charge on any atom is -0.462 e. The van der Waals surface area contributed by atoms with Crippen LogP contribution in [0.1, 0.15) is 258 Å².